The highest BCUT2D eigenvalue weighted by Crippen LogP contribution is 2.32. The molecule has 1 atom stereocenters. The molecule has 17 heavy (non-hydrogen) atoms. The highest BCUT2D eigenvalue weighted by Gasteiger charge is 2.19. The van der Waals surface area contributed by atoms with E-state index in [0.29, 0.717) is 16.5 Å². The van der Waals surface area contributed by atoms with Crippen LogP contribution in [0.3, 0.4) is 0 Å². The fourth-order valence-electron chi connectivity index (χ4n) is 1.56. The Morgan fingerprint density at radius 3 is 2.59 bits per heavy atom. The van der Waals surface area contributed by atoms with Gasteiger partial charge in [0.25, 0.3) is 5.91 Å². The Morgan fingerprint density at radius 1 is 1.53 bits per heavy atom. The Bertz CT molecular complexity index is 432. The Balaban J connectivity index is 3.15. The van der Waals surface area contributed by atoms with Gasteiger partial charge in [0.15, 0.2) is 0 Å². The maximum atomic E-state index is 11.7. The number of carbonyl (C=O) groups excluding carboxylic acids is 1. The van der Waals surface area contributed by atoms with E-state index in [4.69, 9.17) is 16.3 Å². The van der Waals surface area contributed by atoms with Crippen molar-refractivity contribution in [3.05, 3.63) is 22.7 Å². The van der Waals surface area contributed by atoms with Gasteiger partial charge >= 0.3 is 0 Å². The van der Waals surface area contributed by atoms with E-state index >= 15 is 0 Å². The van der Waals surface area contributed by atoms with Crippen molar-refractivity contribution < 1.29 is 14.6 Å². The number of ether oxygens (including phenoxy) is 1. The van der Waals surface area contributed by atoms with Crippen LogP contribution in [0.2, 0.25) is 5.02 Å². The van der Waals surface area contributed by atoms with Crippen molar-refractivity contribution in [1.29, 1.82) is 0 Å². The van der Waals surface area contributed by atoms with Crippen LogP contribution in [-0.2, 0) is 4.79 Å². The summed E-state index contributed by atoms with van der Waals surface area (Å²) in [5, 5.41) is 9.69. The second-order valence-corrected chi connectivity index (χ2v) is 4.25. The third kappa shape index (κ3) is 2.90. The van der Waals surface area contributed by atoms with Crippen molar-refractivity contribution in [3.8, 4) is 5.75 Å². The van der Waals surface area contributed by atoms with E-state index in [1.165, 1.54) is 18.9 Å². The van der Waals surface area contributed by atoms with Gasteiger partial charge in [-0.3, -0.25) is 4.79 Å². The fraction of sp³-hybridized carbons (Fsp3) is 0.417. The maximum Gasteiger partial charge on any atom is 0.255 e. The third-order valence-electron chi connectivity index (χ3n) is 2.52. The molecule has 1 aromatic rings. The van der Waals surface area contributed by atoms with E-state index in [2.05, 4.69) is 0 Å². The molecule has 4 nitrogen and oxygen atoms in total. The van der Waals surface area contributed by atoms with Crippen LogP contribution in [0.1, 0.15) is 12.5 Å². The van der Waals surface area contributed by atoms with Gasteiger partial charge in [0, 0.05) is 12.7 Å². The molecule has 0 aromatic heterocycles. The predicted molar refractivity (Wildman–Crippen MR) is 67.8 cm³/mol. The number of rotatable bonds is 3. The van der Waals surface area contributed by atoms with Crippen molar-refractivity contribution in [1.82, 2.24) is 0 Å². The number of hydrogen-bond donors (Lipinski definition) is 1. The van der Waals surface area contributed by atoms with Crippen LogP contribution in [-0.4, -0.2) is 31.3 Å². The van der Waals surface area contributed by atoms with Gasteiger partial charge < -0.3 is 14.7 Å². The summed E-state index contributed by atoms with van der Waals surface area (Å²) in [5.41, 5.74) is 1.50. The first-order valence-corrected chi connectivity index (χ1v) is 5.56. The lowest BCUT2D eigenvalue weighted by molar-refractivity contribution is -0.125. The molecule has 0 bridgehead atoms. The Hall–Kier alpha value is -1.26. The molecule has 1 aromatic carbocycles. The molecule has 0 aliphatic rings. The normalized spacial score (nSPS) is 12.1. The minimum Gasteiger partial charge on any atom is -0.495 e. The molecule has 0 radical (unpaired) electrons. The van der Waals surface area contributed by atoms with Gasteiger partial charge in [-0.05, 0) is 31.5 Å². The number of aliphatic hydroxyl groups excluding tert-OH is 1. The van der Waals surface area contributed by atoms with Crippen LogP contribution in [0.5, 0.6) is 5.75 Å². The smallest absolute Gasteiger partial charge is 0.255 e. The predicted octanol–water partition coefficient (Wildman–Crippen LogP) is 2.00. The largest absolute Gasteiger partial charge is 0.495 e. The zero-order valence-electron chi connectivity index (χ0n) is 10.3. The average molecular weight is 258 g/mol. The second-order valence-electron chi connectivity index (χ2n) is 3.85. The highest BCUT2D eigenvalue weighted by atomic mass is 35.5. The minimum absolute atomic E-state index is 0.380. The van der Waals surface area contributed by atoms with Crippen LogP contribution >= 0.6 is 11.6 Å². The molecule has 0 fully saturated rings. The SMILES string of the molecule is COc1cc(C)c(N(C)C(=O)C(C)O)cc1Cl. The quantitative estimate of drug-likeness (QED) is 0.901. The van der Waals surface area contributed by atoms with Crippen LogP contribution in [0.25, 0.3) is 0 Å². The first-order valence-electron chi connectivity index (χ1n) is 5.18. The van der Waals surface area contributed by atoms with Crippen LogP contribution in [0.15, 0.2) is 12.1 Å². The molecule has 94 valence electrons. The molecule has 1 unspecified atom stereocenters. The minimum atomic E-state index is -1.04. The molecular formula is C12H16ClNO3. The molecule has 0 saturated heterocycles. The molecule has 0 aliphatic heterocycles. The number of benzene rings is 1. The third-order valence-corrected chi connectivity index (χ3v) is 2.82. The standard InChI is InChI=1S/C12H16ClNO3/c1-7-5-11(17-4)9(13)6-10(7)14(3)12(16)8(2)15/h5-6,8,15H,1-4H3. The summed E-state index contributed by atoms with van der Waals surface area (Å²) in [7, 11) is 3.13. The van der Waals surface area contributed by atoms with E-state index in [9.17, 15) is 9.90 Å². The molecule has 5 heteroatoms. The number of amides is 1. The summed E-state index contributed by atoms with van der Waals surface area (Å²) in [6.45, 7) is 3.28. The van der Waals surface area contributed by atoms with Crippen LogP contribution in [0, 0.1) is 6.92 Å². The van der Waals surface area contributed by atoms with Crippen LogP contribution < -0.4 is 9.64 Å². The van der Waals surface area contributed by atoms with E-state index in [0.717, 1.165) is 5.56 Å². The Kier molecular flexibility index (Phi) is 4.37. The molecular weight excluding hydrogens is 242 g/mol. The topological polar surface area (TPSA) is 49.8 Å². The molecule has 1 amide bonds. The van der Waals surface area contributed by atoms with E-state index in [-0.39, 0.29) is 5.91 Å². The lowest BCUT2D eigenvalue weighted by Gasteiger charge is -2.21. The number of anilines is 1. The zero-order chi connectivity index (χ0) is 13.2. The summed E-state index contributed by atoms with van der Waals surface area (Å²) in [4.78, 5) is 13.0. The van der Waals surface area contributed by atoms with Gasteiger partial charge in [-0.2, -0.15) is 0 Å². The van der Waals surface area contributed by atoms with Crippen molar-refractivity contribution in [2.45, 2.75) is 20.0 Å². The summed E-state index contributed by atoms with van der Waals surface area (Å²) < 4.78 is 5.08. The Morgan fingerprint density at radius 2 is 2.12 bits per heavy atom. The summed E-state index contributed by atoms with van der Waals surface area (Å²) >= 11 is 6.00. The second kappa shape index (κ2) is 5.38. The average Bonchev–Trinajstić information content (AvgIpc) is 2.29. The first-order chi connectivity index (χ1) is 7.88. The van der Waals surface area contributed by atoms with Gasteiger partial charge in [-0.25, -0.2) is 0 Å². The lowest BCUT2D eigenvalue weighted by atomic mass is 10.1. The Labute approximate surface area is 106 Å². The van der Waals surface area contributed by atoms with Crippen molar-refractivity contribution in [3.63, 3.8) is 0 Å². The van der Waals surface area contributed by atoms with E-state index in [1.54, 1.807) is 19.2 Å². The number of hydrogen-bond acceptors (Lipinski definition) is 3. The number of halogens is 1. The van der Waals surface area contributed by atoms with Gasteiger partial charge in [-0.1, -0.05) is 11.6 Å². The summed E-state index contributed by atoms with van der Waals surface area (Å²) in [6, 6.07) is 3.40. The zero-order valence-corrected chi connectivity index (χ0v) is 11.1. The van der Waals surface area contributed by atoms with Gasteiger partial charge in [0.2, 0.25) is 0 Å². The molecule has 1 rings (SSSR count). The number of aliphatic hydroxyl groups is 1. The fourth-order valence-corrected chi connectivity index (χ4v) is 1.80. The number of carbonyl (C=O) groups is 1. The molecule has 0 aliphatic carbocycles. The summed E-state index contributed by atoms with van der Waals surface area (Å²) in [6.07, 6.45) is -1.04. The van der Waals surface area contributed by atoms with Crippen molar-refractivity contribution in [2.24, 2.45) is 0 Å². The van der Waals surface area contributed by atoms with Gasteiger partial charge in [0.1, 0.15) is 11.9 Å². The molecule has 0 spiro atoms. The number of methoxy groups -OCH3 is 1. The van der Waals surface area contributed by atoms with E-state index < -0.39 is 6.10 Å². The highest BCUT2D eigenvalue weighted by molar-refractivity contribution is 6.32. The van der Waals surface area contributed by atoms with Gasteiger partial charge in [0.05, 0.1) is 12.1 Å². The van der Waals surface area contributed by atoms with Crippen molar-refractivity contribution in [2.75, 3.05) is 19.1 Å². The number of aryl methyl sites for hydroxylation is 1. The molecule has 0 saturated carbocycles. The van der Waals surface area contributed by atoms with E-state index in [1.807, 2.05) is 6.92 Å². The molecule has 1 N–H and O–H groups in total. The summed E-state index contributed by atoms with van der Waals surface area (Å²) in [5.74, 6) is 0.181. The van der Waals surface area contributed by atoms with Crippen LogP contribution in [0.4, 0.5) is 5.69 Å². The monoisotopic (exact) mass is 257 g/mol. The van der Waals surface area contributed by atoms with Crippen molar-refractivity contribution >= 4 is 23.2 Å². The first kappa shape index (κ1) is 13.8. The molecule has 0 heterocycles. The van der Waals surface area contributed by atoms with Gasteiger partial charge in [-0.15, -0.1) is 0 Å². The number of nitrogens with zero attached hydrogens (tertiary/aromatic N) is 1. The lowest BCUT2D eigenvalue weighted by Crippen LogP contribution is -2.35. The number of likely N-dealkylation sites (N-methyl/N-ethyl adjacent to an activating group) is 1. The maximum absolute atomic E-state index is 11.7.